The van der Waals surface area contributed by atoms with Crippen molar-refractivity contribution >= 4 is 0 Å². The van der Waals surface area contributed by atoms with Crippen molar-refractivity contribution in [2.75, 3.05) is 0 Å². The molecule has 2 aromatic rings. The molecule has 0 unspecified atom stereocenters. The lowest BCUT2D eigenvalue weighted by Crippen LogP contribution is -1.99. The first-order valence-electron chi connectivity index (χ1n) is 6.58. The van der Waals surface area contributed by atoms with Gasteiger partial charge in [0, 0.05) is 17.9 Å². The highest BCUT2D eigenvalue weighted by Gasteiger charge is 2.21. The molecule has 0 atom stereocenters. The maximum absolute atomic E-state index is 13.5. The van der Waals surface area contributed by atoms with Crippen LogP contribution in [0.3, 0.4) is 0 Å². The second-order valence-electron chi connectivity index (χ2n) is 5.00. The summed E-state index contributed by atoms with van der Waals surface area (Å²) >= 11 is 0. The smallest absolute Gasteiger partial charge is 0.153 e. The first kappa shape index (κ1) is 12.3. The number of aromatic amines is 1. The monoisotopic (exact) mass is 263 g/mol. The highest BCUT2D eigenvalue weighted by atomic mass is 19.1. The Morgan fingerprint density at radius 2 is 1.84 bits per heavy atom. The second kappa shape index (κ2) is 5.07. The molecule has 0 bridgehead atoms. The quantitative estimate of drug-likeness (QED) is 0.922. The maximum Gasteiger partial charge on any atom is 0.153 e. The number of hydrogen-bond donors (Lipinski definition) is 1. The van der Waals surface area contributed by atoms with Crippen molar-refractivity contribution in [1.82, 2.24) is 15.2 Å². The van der Waals surface area contributed by atoms with Crippen LogP contribution in [-0.4, -0.2) is 15.2 Å². The van der Waals surface area contributed by atoms with Gasteiger partial charge in [0.05, 0.1) is 0 Å². The third-order valence-corrected chi connectivity index (χ3v) is 3.68. The summed E-state index contributed by atoms with van der Waals surface area (Å²) in [5.41, 5.74) is 0.0385. The first-order valence-corrected chi connectivity index (χ1v) is 6.58. The molecule has 19 heavy (non-hydrogen) atoms. The molecular weight excluding hydrogens is 248 g/mol. The molecule has 1 aromatic heterocycles. The number of H-pyrrole nitrogens is 1. The lowest BCUT2D eigenvalue weighted by molar-refractivity contribution is 0.559. The lowest BCUT2D eigenvalue weighted by atomic mass is 10.1. The maximum atomic E-state index is 13.5. The van der Waals surface area contributed by atoms with Gasteiger partial charge < -0.3 is 0 Å². The van der Waals surface area contributed by atoms with Crippen molar-refractivity contribution in [2.24, 2.45) is 0 Å². The van der Waals surface area contributed by atoms with E-state index in [1.165, 1.54) is 31.0 Å². The Labute approximate surface area is 110 Å². The predicted molar refractivity (Wildman–Crippen MR) is 66.8 cm³/mol. The highest BCUT2D eigenvalue weighted by Crippen LogP contribution is 2.32. The number of nitrogens with one attached hydrogen (secondary N) is 1. The lowest BCUT2D eigenvalue weighted by Gasteiger charge is -2.02. The van der Waals surface area contributed by atoms with Crippen LogP contribution in [0.1, 0.15) is 48.8 Å². The van der Waals surface area contributed by atoms with Crippen LogP contribution < -0.4 is 0 Å². The van der Waals surface area contributed by atoms with Crippen LogP contribution in [0.2, 0.25) is 0 Å². The van der Waals surface area contributed by atoms with Gasteiger partial charge in [0.1, 0.15) is 17.5 Å². The van der Waals surface area contributed by atoms with Crippen LogP contribution in [0.25, 0.3) is 0 Å². The van der Waals surface area contributed by atoms with Gasteiger partial charge in [-0.3, -0.25) is 5.10 Å². The molecule has 1 aliphatic rings. The summed E-state index contributed by atoms with van der Waals surface area (Å²) in [7, 11) is 0. The number of benzene rings is 1. The molecule has 1 heterocycles. The number of rotatable bonds is 3. The van der Waals surface area contributed by atoms with E-state index in [2.05, 4.69) is 15.2 Å². The average molecular weight is 263 g/mol. The average Bonchev–Trinajstić information content (AvgIpc) is 3.04. The molecule has 100 valence electrons. The van der Waals surface area contributed by atoms with Crippen molar-refractivity contribution in [1.29, 1.82) is 0 Å². The van der Waals surface area contributed by atoms with E-state index >= 15 is 0 Å². The van der Waals surface area contributed by atoms with Crippen LogP contribution in [0.5, 0.6) is 0 Å². The summed E-state index contributed by atoms with van der Waals surface area (Å²) in [5.74, 6) is 0.614. The Balaban J connectivity index is 1.80. The molecule has 1 fully saturated rings. The summed E-state index contributed by atoms with van der Waals surface area (Å²) in [5, 5.41) is 6.96. The van der Waals surface area contributed by atoms with Gasteiger partial charge in [0.25, 0.3) is 0 Å². The summed E-state index contributed by atoms with van der Waals surface area (Å²) < 4.78 is 27.1. The SMILES string of the molecule is Fc1cccc(F)c1Cc1nc(C2CCCC2)n[nH]1. The van der Waals surface area contributed by atoms with Crippen molar-refractivity contribution in [3.63, 3.8) is 0 Å². The molecule has 0 aliphatic heterocycles. The third kappa shape index (κ3) is 2.50. The van der Waals surface area contributed by atoms with Gasteiger partial charge >= 0.3 is 0 Å². The first-order chi connectivity index (χ1) is 9.24. The summed E-state index contributed by atoms with van der Waals surface area (Å²) in [6.07, 6.45) is 4.72. The van der Waals surface area contributed by atoms with Crippen LogP contribution in [-0.2, 0) is 6.42 Å². The van der Waals surface area contributed by atoms with Gasteiger partial charge in [-0.25, -0.2) is 13.8 Å². The van der Waals surface area contributed by atoms with Gasteiger partial charge in [-0.1, -0.05) is 18.9 Å². The second-order valence-corrected chi connectivity index (χ2v) is 5.00. The molecular formula is C14H15F2N3. The topological polar surface area (TPSA) is 41.6 Å². The van der Waals surface area contributed by atoms with E-state index in [4.69, 9.17) is 0 Å². The highest BCUT2D eigenvalue weighted by molar-refractivity contribution is 5.23. The number of aromatic nitrogens is 3. The van der Waals surface area contributed by atoms with Gasteiger partial charge in [-0.2, -0.15) is 5.10 Å². The van der Waals surface area contributed by atoms with Crippen LogP contribution in [0.15, 0.2) is 18.2 Å². The largest absolute Gasteiger partial charge is 0.263 e. The Hall–Kier alpha value is -1.78. The molecule has 1 N–H and O–H groups in total. The Morgan fingerprint density at radius 1 is 1.16 bits per heavy atom. The van der Waals surface area contributed by atoms with E-state index in [0.29, 0.717) is 11.7 Å². The van der Waals surface area contributed by atoms with E-state index in [-0.39, 0.29) is 12.0 Å². The molecule has 3 rings (SSSR count). The van der Waals surface area contributed by atoms with E-state index in [1.54, 1.807) is 0 Å². The minimum Gasteiger partial charge on any atom is -0.263 e. The van der Waals surface area contributed by atoms with Gasteiger partial charge in [0.15, 0.2) is 5.82 Å². The van der Waals surface area contributed by atoms with E-state index in [1.807, 2.05) is 0 Å². The van der Waals surface area contributed by atoms with Crippen molar-refractivity contribution in [3.05, 3.63) is 47.0 Å². The molecule has 3 nitrogen and oxygen atoms in total. The number of halogens is 2. The molecule has 0 radical (unpaired) electrons. The minimum absolute atomic E-state index is 0.0385. The predicted octanol–water partition coefficient (Wildman–Crippen LogP) is 3.33. The van der Waals surface area contributed by atoms with Crippen LogP contribution in [0.4, 0.5) is 8.78 Å². The van der Waals surface area contributed by atoms with Crippen molar-refractivity contribution in [2.45, 2.75) is 38.0 Å². The number of nitrogens with zero attached hydrogens (tertiary/aromatic N) is 2. The molecule has 0 spiro atoms. The van der Waals surface area contributed by atoms with E-state index in [9.17, 15) is 8.78 Å². The van der Waals surface area contributed by atoms with Gasteiger partial charge in [-0.15, -0.1) is 0 Å². The Bertz CT molecular complexity index is 554. The third-order valence-electron chi connectivity index (χ3n) is 3.68. The Morgan fingerprint density at radius 3 is 2.53 bits per heavy atom. The zero-order valence-corrected chi connectivity index (χ0v) is 10.5. The zero-order chi connectivity index (χ0) is 13.2. The minimum atomic E-state index is -0.543. The van der Waals surface area contributed by atoms with E-state index in [0.717, 1.165) is 18.7 Å². The molecule has 1 aliphatic carbocycles. The van der Waals surface area contributed by atoms with Gasteiger partial charge in [0.2, 0.25) is 0 Å². The molecule has 5 heteroatoms. The van der Waals surface area contributed by atoms with Crippen molar-refractivity contribution < 1.29 is 8.78 Å². The van der Waals surface area contributed by atoms with Crippen molar-refractivity contribution in [3.8, 4) is 0 Å². The van der Waals surface area contributed by atoms with Crippen LogP contribution >= 0.6 is 0 Å². The molecule has 1 aromatic carbocycles. The fourth-order valence-electron chi connectivity index (χ4n) is 2.62. The number of hydrogen-bond acceptors (Lipinski definition) is 2. The molecule has 0 saturated heterocycles. The summed E-state index contributed by atoms with van der Waals surface area (Å²) in [6.45, 7) is 0. The normalized spacial score (nSPS) is 16.1. The Kier molecular flexibility index (Phi) is 3.27. The zero-order valence-electron chi connectivity index (χ0n) is 10.5. The summed E-state index contributed by atoms with van der Waals surface area (Å²) in [6, 6.07) is 3.87. The van der Waals surface area contributed by atoms with Gasteiger partial charge in [-0.05, 0) is 25.0 Å². The summed E-state index contributed by atoms with van der Waals surface area (Å²) in [4.78, 5) is 4.37. The fraction of sp³-hybridized carbons (Fsp3) is 0.429. The molecule has 0 amide bonds. The standard InChI is InChI=1S/C14H15F2N3/c15-11-6-3-7-12(16)10(11)8-13-17-14(19-18-13)9-4-1-2-5-9/h3,6-7,9H,1-2,4-5,8H2,(H,17,18,19). The van der Waals surface area contributed by atoms with Crippen LogP contribution in [0, 0.1) is 11.6 Å². The molecule has 1 saturated carbocycles. The fourth-order valence-corrected chi connectivity index (χ4v) is 2.62. The van der Waals surface area contributed by atoms with E-state index < -0.39 is 11.6 Å².